The zero-order valence-electron chi connectivity index (χ0n) is 7.92. The van der Waals surface area contributed by atoms with Crippen LogP contribution in [-0.4, -0.2) is 13.2 Å². The molecule has 2 rings (SSSR count). The first-order valence-electron chi connectivity index (χ1n) is 4.37. The van der Waals surface area contributed by atoms with Crippen molar-refractivity contribution in [2.75, 3.05) is 13.2 Å². The summed E-state index contributed by atoms with van der Waals surface area (Å²) in [6, 6.07) is 4.53. The smallest absolute Gasteiger partial charge is 0.141 e. The molecule has 1 aliphatic rings. The Hall–Kier alpha value is -1.31. The summed E-state index contributed by atoms with van der Waals surface area (Å²) in [5.74, 6) is 0.117. The largest absolute Gasteiger partial charge is 0.491 e. The monoisotopic (exact) mass is 228 g/mol. The van der Waals surface area contributed by atoms with Crippen LogP contribution in [0.25, 0.3) is 0 Å². The standard InChI is InChI=1S/C10H9FN2O.ClH/c11-9-3-7(5-12)10-8(4-9)6-13-1-2-14-10;/h3-4,13H,1-2,6H2;1H. The Balaban J connectivity index is 0.00000112. The maximum Gasteiger partial charge on any atom is 0.141 e. The molecule has 1 heterocycles. The first-order chi connectivity index (χ1) is 6.81. The second kappa shape index (κ2) is 4.96. The van der Waals surface area contributed by atoms with Gasteiger partial charge in [0.25, 0.3) is 0 Å². The van der Waals surface area contributed by atoms with Crippen molar-refractivity contribution in [3.8, 4) is 11.8 Å². The maximum atomic E-state index is 13.0. The summed E-state index contributed by atoms with van der Waals surface area (Å²) < 4.78 is 18.4. The summed E-state index contributed by atoms with van der Waals surface area (Å²) in [7, 11) is 0. The molecule has 0 amide bonds. The van der Waals surface area contributed by atoms with E-state index in [0.717, 1.165) is 0 Å². The normalized spacial score (nSPS) is 13.9. The van der Waals surface area contributed by atoms with E-state index in [-0.39, 0.29) is 18.0 Å². The molecule has 1 aromatic carbocycles. The molecule has 0 saturated heterocycles. The van der Waals surface area contributed by atoms with Crippen LogP contribution in [0.3, 0.4) is 0 Å². The molecule has 0 aliphatic carbocycles. The number of hydrogen-bond acceptors (Lipinski definition) is 3. The van der Waals surface area contributed by atoms with Crippen LogP contribution in [0.4, 0.5) is 4.39 Å². The molecule has 0 aromatic heterocycles. The van der Waals surface area contributed by atoms with Crippen molar-refractivity contribution >= 4 is 12.4 Å². The SMILES string of the molecule is Cl.N#Cc1cc(F)cc2c1OCCNC2. The van der Waals surface area contributed by atoms with E-state index in [2.05, 4.69) is 5.32 Å². The number of halogens is 2. The van der Waals surface area contributed by atoms with Gasteiger partial charge in [-0.15, -0.1) is 12.4 Å². The molecular formula is C10H10ClFN2O. The van der Waals surface area contributed by atoms with Crippen LogP contribution in [0.5, 0.6) is 5.75 Å². The van der Waals surface area contributed by atoms with Gasteiger partial charge in [-0.1, -0.05) is 0 Å². The maximum absolute atomic E-state index is 13.0. The van der Waals surface area contributed by atoms with Crippen LogP contribution in [0, 0.1) is 17.1 Å². The molecule has 1 aromatic rings. The predicted molar refractivity (Wildman–Crippen MR) is 55.6 cm³/mol. The van der Waals surface area contributed by atoms with E-state index in [1.807, 2.05) is 6.07 Å². The van der Waals surface area contributed by atoms with Crippen LogP contribution in [0.1, 0.15) is 11.1 Å². The Labute approximate surface area is 93.3 Å². The minimum Gasteiger partial charge on any atom is -0.491 e. The third-order valence-electron chi connectivity index (χ3n) is 2.09. The van der Waals surface area contributed by atoms with Crippen molar-refractivity contribution in [2.24, 2.45) is 0 Å². The number of rotatable bonds is 0. The summed E-state index contributed by atoms with van der Waals surface area (Å²) in [5, 5.41) is 11.9. The summed E-state index contributed by atoms with van der Waals surface area (Å²) >= 11 is 0. The molecular weight excluding hydrogens is 219 g/mol. The van der Waals surface area contributed by atoms with Crippen LogP contribution in [0.15, 0.2) is 12.1 Å². The number of benzene rings is 1. The molecule has 0 fully saturated rings. The van der Waals surface area contributed by atoms with Crippen molar-refractivity contribution in [1.29, 1.82) is 5.26 Å². The van der Waals surface area contributed by atoms with Crippen LogP contribution < -0.4 is 10.1 Å². The summed E-state index contributed by atoms with van der Waals surface area (Å²) in [6.07, 6.45) is 0. The highest BCUT2D eigenvalue weighted by Crippen LogP contribution is 2.26. The Morgan fingerprint density at radius 1 is 1.47 bits per heavy atom. The molecule has 0 radical (unpaired) electrons. The van der Waals surface area contributed by atoms with Gasteiger partial charge in [0.2, 0.25) is 0 Å². The van der Waals surface area contributed by atoms with Crippen LogP contribution >= 0.6 is 12.4 Å². The topological polar surface area (TPSA) is 45.0 Å². The van der Waals surface area contributed by atoms with Gasteiger partial charge < -0.3 is 10.1 Å². The highest BCUT2D eigenvalue weighted by atomic mass is 35.5. The summed E-state index contributed by atoms with van der Waals surface area (Å²) in [5.41, 5.74) is 0.975. The quantitative estimate of drug-likeness (QED) is 0.734. The van der Waals surface area contributed by atoms with Crippen molar-refractivity contribution in [1.82, 2.24) is 5.32 Å². The zero-order chi connectivity index (χ0) is 9.97. The molecule has 1 N–H and O–H groups in total. The summed E-state index contributed by atoms with van der Waals surface area (Å²) in [6.45, 7) is 1.76. The van der Waals surface area contributed by atoms with Gasteiger partial charge in [-0.3, -0.25) is 0 Å². The van der Waals surface area contributed by atoms with Crippen molar-refractivity contribution < 1.29 is 9.13 Å². The minimum atomic E-state index is -0.396. The van der Waals surface area contributed by atoms with E-state index in [9.17, 15) is 4.39 Å². The van der Waals surface area contributed by atoms with Crippen molar-refractivity contribution in [2.45, 2.75) is 6.54 Å². The Kier molecular flexibility index (Phi) is 3.89. The van der Waals surface area contributed by atoms with E-state index in [0.29, 0.717) is 31.0 Å². The predicted octanol–water partition coefficient (Wildman–Crippen LogP) is 1.60. The molecule has 0 saturated carbocycles. The van der Waals surface area contributed by atoms with Crippen LogP contribution in [0.2, 0.25) is 0 Å². The Morgan fingerprint density at radius 3 is 3.00 bits per heavy atom. The molecule has 0 atom stereocenters. The fraction of sp³-hybridized carbons (Fsp3) is 0.300. The average Bonchev–Trinajstić information content (AvgIpc) is 2.41. The molecule has 0 spiro atoms. The molecule has 0 bridgehead atoms. The van der Waals surface area contributed by atoms with Gasteiger partial charge in [0, 0.05) is 18.7 Å². The number of hydrogen-bond donors (Lipinski definition) is 1. The molecule has 5 heteroatoms. The first-order valence-corrected chi connectivity index (χ1v) is 4.37. The number of nitrogens with one attached hydrogen (secondary N) is 1. The lowest BCUT2D eigenvalue weighted by Gasteiger charge is -2.07. The van der Waals surface area contributed by atoms with E-state index < -0.39 is 5.82 Å². The lowest BCUT2D eigenvalue weighted by Crippen LogP contribution is -2.16. The van der Waals surface area contributed by atoms with E-state index in [4.69, 9.17) is 10.00 Å². The van der Waals surface area contributed by atoms with E-state index in [1.54, 1.807) is 0 Å². The molecule has 0 unspecified atom stereocenters. The van der Waals surface area contributed by atoms with Gasteiger partial charge in [-0.05, 0) is 12.1 Å². The van der Waals surface area contributed by atoms with Gasteiger partial charge >= 0.3 is 0 Å². The fourth-order valence-corrected chi connectivity index (χ4v) is 1.48. The lowest BCUT2D eigenvalue weighted by atomic mass is 10.1. The van der Waals surface area contributed by atoms with Gasteiger partial charge in [0.15, 0.2) is 0 Å². The number of ether oxygens (including phenoxy) is 1. The van der Waals surface area contributed by atoms with E-state index in [1.165, 1.54) is 12.1 Å². The van der Waals surface area contributed by atoms with Crippen molar-refractivity contribution in [3.05, 3.63) is 29.1 Å². The highest BCUT2D eigenvalue weighted by molar-refractivity contribution is 5.85. The van der Waals surface area contributed by atoms with E-state index >= 15 is 0 Å². The second-order valence-electron chi connectivity index (χ2n) is 3.08. The Morgan fingerprint density at radius 2 is 2.27 bits per heavy atom. The second-order valence-corrected chi connectivity index (χ2v) is 3.08. The van der Waals surface area contributed by atoms with Crippen molar-refractivity contribution in [3.63, 3.8) is 0 Å². The minimum absolute atomic E-state index is 0. The molecule has 1 aliphatic heterocycles. The van der Waals surface area contributed by atoms with Gasteiger partial charge in [0.05, 0.1) is 5.56 Å². The molecule has 15 heavy (non-hydrogen) atoms. The molecule has 3 nitrogen and oxygen atoms in total. The number of fused-ring (bicyclic) bond motifs is 1. The lowest BCUT2D eigenvalue weighted by molar-refractivity contribution is 0.324. The fourth-order valence-electron chi connectivity index (χ4n) is 1.48. The highest BCUT2D eigenvalue weighted by Gasteiger charge is 2.14. The summed E-state index contributed by atoms with van der Waals surface area (Å²) in [4.78, 5) is 0. The van der Waals surface area contributed by atoms with Gasteiger partial charge in [-0.25, -0.2) is 4.39 Å². The van der Waals surface area contributed by atoms with Crippen LogP contribution in [-0.2, 0) is 6.54 Å². The number of nitrogens with zero attached hydrogens (tertiary/aromatic N) is 1. The first kappa shape index (κ1) is 11.8. The Bertz CT molecular complexity index is 403. The van der Waals surface area contributed by atoms with Gasteiger partial charge in [0.1, 0.15) is 24.2 Å². The van der Waals surface area contributed by atoms with Gasteiger partial charge in [-0.2, -0.15) is 5.26 Å². The third kappa shape index (κ3) is 2.38. The zero-order valence-corrected chi connectivity index (χ0v) is 8.73. The average molecular weight is 229 g/mol. The molecule has 80 valence electrons. The number of nitriles is 1. The third-order valence-corrected chi connectivity index (χ3v) is 2.09.